The molecule has 3 aromatic rings. The van der Waals surface area contributed by atoms with Gasteiger partial charge in [0.2, 0.25) is 0 Å². The number of carbonyl (C=O) groups excluding carboxylic acids is 2. The first-order chi connectivity index (χ1) is 18.0. The molecule has 0 atom stereocenters. The van der Waals surface area contributed by atoms with E-state index in [1.165, 1.54) is 6.42 Å². The maximum absolute atomic E-state index is 13.0. The predicted molar refractivity (Wildman–Crippen MR) is 150 cm³/mol. The van der Waals surface area contributed by atoms with Crippen LogP contribution in [0.2, 0.25) is 10.0 Å². The van der Waals surface area contributed by atoms with E-state index in [0.29, 0.717) is 27.1 Å². The molecule has 7 heteroatoms. The normalized spacial score (nSPS) is 21.1. The summed E-state index contributed by atoms with van der Waals surface area (Å²) in [5.74, 6) is 0.939. The number of hydrogen-bond acceptors (Lipinski definition) is 4. The van der Waals surface area contributed by atoms with Crippen LogP contribution in [0.3, 0.4) is 0 Å². The Hall–Kier alpha value is -2.47. The molecule has 0 bridgehead atoms. The van der Waals surface area contributed by atoms with Gasteiger partial charge in [-0.3, -0.25) is 14.6 Å². The van der Waals surface area contributed by atoms with E-state index >= 15 is 0 Å². The smallest absolute Gasteiger partial charge is 0.252 e. The molecule has 1 aliphatic carbocycles. The molecular formula is C30H33Cl2N3O2. The lowest BCUT2D eigenvalue weighted by atomic mass is 9.83. The maximum atomic E-state index is 13.0. The summed E-state index contributed by atoms with van der Waals surface area (Å²) in [5, 5.41) is 5.08. The Morgan fingerprint density at radius 3 is 2.43 bits per heavy atom. The molecule has 194 valence electrons. The summed E-state index contributed by atoms with van der Waals surface area (Å²) in [7, 11) is 0. The summed E-state index contributed by atoms with van der Waals surface area (Å²) >= 11 is 12.1. The van der Waals surface area contributed by atoms with E-state index in [2.05, 4.69) is 15.2 Å². The number of para-hydroxylation sites is 1. The van der Waals surface area contributed by atoms with Gasteiger partial charge in [-0.1, -0.05) is 41.4 Å². The molecule has 0 spiro atoms. The van der Waals surface area contributed by atoms with Crippen molar-refractivity contribution >= 4 is 45.8 Å². The average Bonchev–Trinajstić information content (AvgIpc) is 2.93. The van der Waals surface area contributed by atoms with Gasteiger partial charge in [-0.15, -0.1) is 0 Å². The van der Waals surface area contributed by atoms with Crippen molar-refractivity contribution in [2.24, 2.45) is 11.8 Å². The monoisotopic (exact) mass is 537 g/mol. The number of likely N-dealkylation sites (tertiary alicyclic amines) is 1. The second-order valence-electron chi connectivity index (χ2n) is 10.5. The number of hydrogen-bond donors (Lipinski definition) is 1. The first-order valence-electron chi connectivity index (χ1n) is 13.3. The van der Waals surface area contributed by atoms with Gasteiger partial charge in [-0.05, 0) is 101 Å². The number of Topliss-reactive ketones (excluding diaryl/α,β-unsaturated/α-hetero) is 1. The number of ketones is 1. The Morgan fingerprint density at radius 2 is 1.68 bits per heavy atom. The van der Waals surface area contributed by atoms with Crippen molar-refractivity contribution in [2.45, 2.75) is 51.0 Å². The zero-order chi connectivity index (χ0) is 25.8. The lowest BCUT2D eigenvalue weighted by molar-refractivity contribution is 0.0832. The summed E-state index contributed by atoms with van der Waals surface area (Å²) < 4.78 is 0. The summed E-state index contributed by atoms with van der Waals surface area (Å²) in [4.78, 5) is 32.7. The molecule has 1 amide bonds. The Bertz CT molecular complexity index is 1260. The van der Waals surface area contributed by atoms with Gasteiger partial charge in [0.15, 0.2) is 5.78 Å². The first-order valence-corrected chi connectivity index (χ1v) is 14.1. The third-order valence-corrected chi connectivity index (χ3v) is 8.83. The molecule has 2 aliphatic rings. The van der Waals surface area contributed by atoms with E-state index in [1.54, 1.807) is 24.4 Å². The van der Waals surface area contributed by atoms with Crippen molar-refractivity contribution in [1.29, 1.82) is 0 Å². The van der Waals surface area contributed by atoms with Crippen LogP contribution in [0.15, 0.2) is 54.7 Å². The van der Waals surface area contributed by atoms with Gasteiger partial charge in [0.1, 0.15) is 0 Å². The van der Waals surface area contributed by atoms with Gasteiger partial charge in [-0.25, -0.2) is 0 Å². The number of rotatable bonds is 7. The number of aromatic nitrogens is 1. The van der Waals surface area contributed by atoms with Gasteiger partial charge in [-0.2, -0.15) is 0 Å². The predicted octanol–water partition coefficient (Wildman–Crippen LogP) is 6.82. The van der Waals surface area contributed by atoms with Crippen LogP contribution in [-0.4, -0.2) is 47.3 Å². The highest BCUT2D eigenvalue weighted by Crippen LogP contribution is 2.30. The molecule has 2 fully saturated rings. The van der Waals surface area contributed by atoms with Crippen LogP contribution in [-0.2, 0) is 0 Å². The number of nitrogens with one attached hydrogen (secondary N) is 1. The highest BCUT2D eigenvalue weighted by atomic mass is 35.5. The van der Waals surface area contributed by atoms with Gasteiger partial charge >= 0.3 is 0 Å². The van der Waals surface area contributed by atoms with Gasteiger partial charge in [0.05, 0.1) is 21.1 Å². The van der Waals surface area contributed by atoms with E-state index < -0.39 is 0 Å². The van der Waals surface area contributed by atoms with E-state index in [-0.39, 0.29) is 23.7 Å². The molecular weight excluding hydrogens is 505 g/mol. The number of amides is 1. The van der Waals surface area contributed by atoms with Crippen molar-refractivity contribution in [3.05, 3.63) is 75.9 Å². The van der Waals surface area contributed by atoms with E-state index in [0.717, 1.165) is 69.1 Å². The quantitative estimate of drug-likeness (QED) is 0.336. The second kappa shape index (κ2) is 11.9. The summed E-state index contributed by atoms with van der Waals surface area (Å²) in [5.41, 5.74) is 2.21. The topological polar surface area (TPSA) is 62.3 Å². The fourth-order valence-corrected chi connectivity index (χ4v) is 6.12. The summed E-state index contributed by atoms with van der Waals surface area (Å²) in [6.45, 7) is 3.00. The van der Waals surface area contributed by atoms with Crippen molar-refractivity contribution in [2.75, 3.05) is 19.6 Å². The fraction of sp³-hybridized carbons (Fsp3) is 0.433. The number of fused-ring (bicyclic) bond motifs is 1. The molecule has 37 heavy (non-hydrogen) atoms. The third-order valence-electron chi connectivity index (χ3n) is 8.09. The van der Waals surface area contributed by atoms with Crippen LogP contribution in [0, 0.1) is 11.8 Å². The highest BCUT2D eigenvalue weighted by Gasteiger charge is 2.28. The number of benzene rings is 2. The minimum Gasteiger partial charge on any atom is -0.349 e. The van der Waals surface area contributed by atoms with Gasteiger partial charge in [0.25, 0.3) is 5.91 Å². The number of nitrogens with zero attached hydrogens (tertiary/aromatic N) is 2. The van der Waals surface area contributed by atoms with Crippen LogP contribution in [0.1, 0.15) is 65.7 Å². The standard InChI is InChI=1S/C30H33Cl2N3O2/c31-26-10-7-22(19-27(26)32)29(36)21-13-17-35(18-14-21)16-12-20-5-8-23(9-6-20)34-30(37)25-11-15-33-28-4-2-1-3-24(25)28/h1-4,7,10-11,15,19-21,23H,5-6,8-9,12-14,16-18H2,(H,34,37)/t20-,23-. The second-order valence-corrected chi connectivity index (χ2v) is 11.3. The van der Waals surface area contributed by atoms with E-state index in [9.17, 15) is 9.59 Å². The molecule has 0 unspecified atom stereocenters. The molecule has 1 saturated carbocycles. The Balaban J connectivity index is 1.03. The third kappa shape index (κ3) is 6.34. The number of carbonyl (C=O) groups is 2. The Morgan fingerprint density at radius 1 is 0.919 bits per heavy atom. The molecule has 5 nitrogen and oxygen atoms in total. The van der Waals surface area contributed by atoms with Crippen LogP contribution in [0.4, 0.5) is 0 Å². The molecule has 0 radical (unpaired) electrons. The largest absolute Gasteiger partial charge is 0.349 e. The van der Waals surface area contributed by atoms with Gasteiger partial charge < -0.3 is 10.2 Å². The number of piperidine rings is 1. The zero-order valence-electron chi connectivity index (χ0n) is 21.0. The summed E-state index contributed by atoms with van der Waals surface area (Å²) in [6.07, 6.45) is 9.02. The number of halogens is 2. The molecule has 5 rings (SSSR count). The van der Waals surface area contributed by atoms with E-state index in [1.807, 2.05) is 30.3 Å². The lowest BCUT2D eigenvalue weighted by Crippen LogP contribution is -2.39. The molecule has 1 N–H and O–H groups in total. The van der Waals surface area contributed by atoms with Crippen LogP contribution in [0.25, 0.3) is 10.9 Å². The SMILES string of the molecule is O=C(N[C@H]1CC[C@H](CCN2CCC(C(=O)c3ccc(Cl)c(Cl)c3)CC2)CC1)c1ccnc2ccccc12. The Kier molecular flexibility index (Phi) is 8.43. The van der Waals surface area contributed by atoms with Crippen LogP contribution < -0.4 is 5.32 Å². The van der Waals surface area contributed by atoms with E-state index in [4.69, 9.17) is 23.2 Å². The van der Waals surface area contributed by atoms with Crippen molar-refractivity contribution in [1.82, 2.24) is 15.2 Å². The lowest BCUT2D eigenvalue weighted by Gasteiger charge is -2.34. The van der Waals surface area contributed by atoms with Crippen molar-refractivity contribution in [3.8, 4) is 0 Å². The molecule has 2 heterocycles. The van der Waals surface area contributed by atoms with Crippen molar-refractivity contribution in [3.63, 3.8) is 0 Å². The average molecular weight is 539 g/mol. The fourth-order valence-electron chi connectivity index (χ4n) is 5.82. The molecule has 1 saturated heterocycles. The Labute approximate surface area is 228 Å². The molecule has 1 aromatic heterocycles. The van der Waals surface area contributed by atoms with Gasteiger partial charge in [0, 0.05) is 29.1 Å². The minimum atomic E-state index is 0.000314. The molecule has 2 aromatic carbocycles. The zero-order valence-corrected chi connectivity index (χ0v) is 22.5. The molecule has 1 aliphatic heterocycles. The van der Waals surface area contributed by atoms with Crippen LogP contribution in [0.5, 0.6) is 0 Å². The number of pyridine rings is 1. The van der Waals surface area contributed by atoms with Crippen molar-refractivity contribution < 1.29 is 9.59 Å². The summed E-state index contributed by atoms with van der Waals surface area (Å²) in [6, 6.07) is 15.0. The van der Waals surface area contributed by atoms with Crippen LogP contribution >= 0.6 is 23.2 Å². The first kappa shape index (κ1) is 26.1. The highest BCUT2D eigenvalue weighted by molar-refractivity contribution is 6.42. The maximum Gasteiger partial charge on any atom is 0.252 e. The minimum absolute atomic E-state index is 0.000314.